The zero-order valence-electron chi connectivity index (χ0n) is 12.4. The molecular weight excluding hydrogens is 367 g/mol. The molecular formula is C14H17BrF3NO3. The van der Waals surface area contributed by atoms with Gasteiger partial charge in [0.2, 0.25) is 0 Å². The van der Waals surface area contributed by atoms with Gasteiger partial charge in [0.1, 0.15) is 12.4 Å². The molecule has 1 rings (SSSR count). The van der Waals surface area contributed by atoms with Gasteiger partial charge in [-0.25, -0.2) is 4.79 Å². The predicted octanol–water partition coefficient (Wildman–Crippen LogP) is 4.63. The molecule has 0 saturated heterocycles. The Morgan fingerprint density at radius 1 is 1.32 bits per heavy atom. The lowest BCUT2D eigenvalue weighted by Crippen LogP contribution is -2.46. The van der Waals surface area contributed by atoms with Gasteiger partial charge < -0.3 is 14.7 Å². The molecule has 0 fully saturated rings. The average Bonchev–Trinajstić information content (AvgIpc) is 2.32. The van der Waals surface area contributed by atoms with E-state index in [1.54, 1.807) is 20.8 Å². The number of alkyl halides is 3. The summed E-state index contributed by atoms with van der Waals surface area (Å²) < 4.78 is 43.2. The average molecular weight is 384 g/mol. The first-order valence-electron chi connectivity index (χ1n) is 6.43. The van der Waals surface area contributed by atoms with Crippen LogP contribution in [0.2, 0.25) is 0 Å². The Morgan fingerprint density at radius 3 is 2.32 bits per heavy atom. The maximum atomic E-state index is 12.5. The number of carbonyl (C=O) groups is 1. The Balaban J connectivity index is 2.71. The van der Waals surface area contributed by atoms with E-state index in [9.17, 15) is 18.0 Å². The summed E-state index contributed by atoms with van der Waals surface area (Å²) in [6.07, 6.45) is -5.50. The second-order valence-corrected chi connectivity index (χ2v) is 6.45. The van der Waals surface area contributed by atoms with E-state index in [4.69, 9.17) is 9.84 Å². The number of hydrogen-bond donors (Lipinski definition) is 1. The van der Waals surface area contributed by atoms with Gasteiger partial charge in [-0.2, -0.15) is 13.2 Å². The fourth-order valence-corrected chi connectivity index (χ4v) is 2.25. The molecule has 1 aromatic rings. The monoisotopic (exact) mass is 383 g/mol. The van der Waals surface area contributed by atoms with Crippen molar-refractivity contribution >= 4 is 22.0 Å². The molecule has 1 aromatic carbocycles. The number of nitrogens with zero attached hydrogens (tertiary/aromatic N) is 1. The van der Waals surface area contributed by atoms with Crippen molar-refractivity contribution in [1.82, 2.24) is 4.90 Å². The molecule has 0 heterocycles. The number of rotatable bonds is 4. The summed E-state index contributed by atoms with van der Waals surface area (Å²) in [4.78, 5) is 12.3. The Hall–Kier alpha value is -1.44. The van der Waals surface area contributed by atoms with Crippen LogP contribution in [0.3, 0.4) is 0 Å². The Labute approximate surface area is 135 Å². The summed E-state index contributed by atoms with van der Waals surface area (Å²) in [5.74, 6) is 0.229. The van der Waals surface area contributed by atoms with E-state index in [0.29, 0.717) is 0 Å². The largest absolute Gasteiger partial charge is 0.491 e. The van der Waals surface area contributed by atoms with Gasteiger partial charge in [0, 0.05) is 5.54 Å². The lowest BCUT2D eigenvalue weighted by Gasteiger charge is -2.33. The minimum Gasteiger partial charge on any atom is -0.491 e. The molecule has 0 radical (unpaired) electrons. The van der Waals surface area contributed by atoms with Crippen molar-refractivity contribution in [3.05, 3.63) is 28.2 Å². The van der Waals surface area contributed by atoms with Gasteiger partial charge >= 0.3 is 12.3 Å². The second kappa shape index (κ2) is 6.76. The van der Waals surface area contributed by atoms with E-state index >= 15 is 0 Å². The lowest BCUT2D eigenvalue weighted by atomic mass is 10.1. The number of amides is 1. The van der Waals surface area contributed by atoms with Crippen LogP contribution in [0.5, 0.6) is 5.75 Å². The molecule has 22 heavy (non-hydrogen) atoms. The highest BCUT2D eigenvalue weighted by molar-refractivity contribution is 9.10. The first kappa shape index (κ1) is 18.6. The fourth-order valence-electron chi connectivity index (χ4n) is 1.76. The highest BCUT2D eigenvalue weighted by atomic mass is 79.9. The standard InChI is InChI=1S/C14H17BrF3NO3/c1-13(2,3)19(12(20)21)6-7-22-11-5-4-9(8-10(11)15)14(16,17)18/h4-5,8H,6-7H2,1-3H3,(H,20,21). The van der Waals surface area contributed by atoms with E-state index in [2.05, 4.69) is 15.9 Å². The number of ether oxygens (including phenoxy) is 1. The third-order valence-corrected chi connectivity index (χ3v) is 3.49. The molecule has 8 heteroatoms. The van der Waals surface area contributed by atoms with E-state index < -0.39 is 23.4 Å². The molecule has 0 aromatic heterocycles. The topological polar surface area (TPSA) is 49.8 Å². The van der Waals surface area contributed by atoms with Crippen molar-refractivity contribution in [2.24, 2.45) is 0 Å². The summed E-state index contributed by atoms with van der Waals surface area (Å²) in [5.41, 5.74) is -1.37. The molecule has 1 N–H and O–H groups in total. The predicted molar refractivity (Wildman–Crippen MR) is 79.1 cm³/mol. The van der Waals surface area contributed by atoms with Gasteiger partial charge in [0.15, 0.2) is 0 Å². The van der Waals surface area contributed by atoms with E-state index in [1.807, 2.05) is 0 Å². The third kappa shape index (κ3) is 5.08. The fraction of sp³-hybridized carbons (Fsp3) is 0.500. The van der Waals surface area contributed by atoms with Crippen LogP contribution in [0, 0.1) is 0 Å². The van der Waals surface area contributed by atoms with Crippen LogP contribution in [0.4, 0.5) is 18.0 Å². The van der Waals surface area contributed by atoms with Crippen LogP contribution < -0.4 is 4.74 Å². The molecule has 0 saturated carbocycles. The molecule has 0 aliphatic heterocycles. The number of carboxylic acid groups (broad SMARTS) is 1. The Morgan fingerprint density at radius 2 is 1.91 bits per heavy atom. The maximum Gasteiger partial charge on any atom is 0.416 e. The van der Waals surface area contributed by atoms with Crippen LogP contribution in [0.1, 0.15) is 26.3 Å². The van der Waals surface area contributed by atoms with Gasteiger partial charge in [-0.05, 0) is 54.9 Å². The zero-order valence-corrected chi connectivity index (χ0v) is 14.0. The molecule has 0 aliphatic rings. The van der Waals surface area contributed by atoms with Crippen LogP contribution in [0.25, 0.3) is 0 Å². The summed E-state index contributed by atoms with van der Waals surface area (Å²) in [6, 6.07) is 3.04. The van der Waals surface area contributed by atoms with Crippen LogP contribution in [-0.4, -0.2) is 34.8 Å². The molecule has 0 spiro atoms. The molecule has 0 unspecified atom stereocenters. The minimum absolute atomic E-state index is 0.0353. The first-order valence-corrected chi connectivity index (χ1v) is 7.22. The lowest BCUT2D eigenvalue weighted by molar-refractivity contribution is -0.137. The highest BCUT2D eigenvalue weighted by Gasteiger charge is 2.31. The van der Waals surface area contributed by atoms with E-state index in [1.165, 1.54) is 11.0 Å². The zero-order chi connectivity index (χ0) is 17.1. The minimum atomic E-state index is -4.42. The van der Waals surface area contributed by atoms with Gasteiger partial charge in [0.25, 0.3) is 0 Å². The van der Waals surface area contributed by atoms with Crippen LogP contribution in [0.15, 0.2) is 22.7 Å². The molecule has 4 nitrogen and oxygen atoms in total. The van der Waals surface area contributed by atoms with Crippen LogP contribution in [-0.2, 0) is 6.18 Å². The van der Waals surface area contributed by atoms with Crippen molar-refractivity contribution in [3.8, 4) is 5.75 Å². The first-order chi connectivity index (χ1) is 9.93. The molecule has 0 bridgehead atoms. The van der Waals surface area contributed by atoms with Gasteiger partial charge in [0.05, 0.1) is 16.6 Å². The number of hydrogen-bond acceptors (Lipinski definition) is 2. The van der Waals surface area contributed by atoms with Crippen LogP contribution >= 0.6 is 15.9 Å². The maximum absolute atomic E-state index is 12.5. The summed E-state index contributed by atoms with van der Waals surface area (Å²) >= 11 is 3.02. The quantitative estimate of drug-likeness (QED) is 0.824. The molecule has 124 valence electrons. The van der Waals surface area contributed by atoms with Crippen molar-refractivity contribution < 1.29 is 27.8 Å². The Kier molecular flexibility index (Phi) is 5.72. The molecule has 0 atom stereocenters. The molecule has 0 aliphatic carbocycles. The summed E-state index contributed by atoms with van der Waals surface area (Å²) in [5, 5.41) is 9.12. The summed E-state index contributed by atoms with van der Waals surface area (Å²) in [6.45, 7) is 5.37. The SMILES string of the molecule is CC(C)(C)N(CCOc1ccc(C(F)(F)F)cc1Br)C(=O)O. The van der Waals surface area contributed by atoms with Gasteiger partial charge in [-0.3, -0.25) is 0 Å². The van der Waals surface area contributed by atoms with Gasteiger partial charge in [-0.15, -0.1) is 0 Å². The van der Waals surface area contributed by atoms with Crippen molar-refractivity contribution in [1.29, 1.82) is 0 Å². The van der Waals surface area contributed by atoms with Gasteiger partial charge in [-0.1, -0.05) is 0 Å². The molecule has 1 amide bonds. The third-order valence-electron chi connectivity index (χ3n) is 2.87. The van der Waals surface area contributed by atoms with E-state index in [0.717, 1.165) is 12.1 Å². The number of halogens is 4. The summed E-state index contributed by atoms with van der Waals surface area (Å²) in [7, 11) is 0. The van der Waals surface area contributed by atoms with Crippen molar-refractivity contribution in [2.75, 3.05) is 13.2 Å². The number of benzene rings is 1. The Bertz CT molecular complexity index is 541. The smallest absolute Gasteiger partial charge is 0.416 e. The normalized spacial score (nSPS) is 12.1. The second-order valence-electron chi connectivity index (χ2n) is 5.60. The van der Waals surface area contributed by atoms with Crippen molar-refractivity contribution in [3.63, 3.8) is 0 Å². The highest BCUT2D eigenvalue weighted by Crippen LogP contribution is 2.34. The van der Waals surface area contributed by atoms with Crippen molar-refractivity contribution in [2.45, 2.75) is 32.5 Å². The van der Waals surface area contributed by atoms with E-state index in [-0.39, 0.29) is 23.4 Å².